The number of piperidine rings is 1. The largest absolute Gasteiger partial charge is 0.490 e. The number of hydrogen-bond acceptors (Lipinski definition) is 6. The lowest BCUT2D eigenvalue weighted by molar-refractivity contribution is 0.0994. The molecule has 30 heavy (non-hydrogen) atoms. The van der Waals surface area contributed by atoms with E-state index in [-0.39, 0.29) is 22.6 Å². The molecule has 3 heterocycles. The van der Waals surface area contributed by atoms with Crippen LogP contribution in [0.25, 0.3) is 0 Å². The lowest BCUT2D eigenvalue weighted by Crippen LogP contribution is -2.39. The zero-order chi connectivity index (χ0) is 22.1. The number of ether oxygens (including phenoxy) is 1. The monoisotopic (exact) mass is 411 g/mol. The van der Waals surface area contributed by atoms with Gasteiger partial charge in [0.2, 0.25) is 0 Å². The van der Waals surface area contributed by atoms with Crippen LogP contribution in [0.15, 0.2) is 24.4 Å². The second-order valence-corrected chi connectivity index (χ2v) is 9.98. The second-order valence-electron chi connectivity index (χ2n) is 9.98. The number of rotatable bonds is 4. The summed E-state index contributed by atoms with van der Waals surface area (Å²) in [6.45, 7) is 14.7. The third kappa shape index (κ3) is 5.26. The smallest absolute Gasteiger partial charge is 0.267 e. The lowest BCUT2D eigenvalue weighted by atomic mass is 9.90. The Morgan fingerprint density at radius 2 is 1.73 bits per heavy atom. The fraction of sp³-hybridized carbons (Fsp3) is 0.565. The van der Waals surface area contributed by atoms with E-state index in [4.69, 9.17) is 20.4 Å². The zero-order valence-corrected chi connectivity index (χ0v) is 18.9. The summed E-state index contributed by atoms with van der Waals surface area (Å²) in [5.74, 6) is 1.94. The molecule has 0 saturated carbocycles. The van der Waals surface area contributed by atoms with E-state index in [1.165, 1.54) is 0 Å². The summed E-state index contributed by atoms with van der Waals surface area (Å²) in [7, 11) is 0. The van der Waals surface area contributed by atoms with E-state index >= 15 is 0 Å². The summed E-state index contributed by atoms with van der Waals surface area (Å²) in [5, 5.41) is 0. The van der Waals surface area contributed by atoms with E-state index in [9.17, 15) is 4.79 Å². The summed E-state index contributed by atoms with van der Waals surface area (Å²) in [4.78, 5) is 27.4. The van der Waals surface area contributed by atoms with Crippen LogP contribution < -0.4 is 15.4 Å². The standard InChI is InChI=1S/C23H33N5O2/c1-22(2,3)18-14-19(27-21(26-18)23(4,5)6)28-11-8-15(9-12-28)30-16-7-10-25-17(13-16)20(24)29/h7,10,13-15H,8-9,11-12H2,1-6H3,(H2,24,29). The van der Waals surface area contributed by atoms with Crippen molar-refractivity contribution in [3.05, 3.63) is 41.6 Å². The van der Waals surface area contributed by atoms with E-state index in [0.717, 1.165) is 43.3 Å². The minimum Gasteiger partial charge on any atom is -0.490 e. The van der Waals surface area contributed by atoms with E-state index in [1.54, 1.807) is 18.3 Å². The molecule has 1 aliphatic rings. The number of carbonyl (C=O) groups is 1. The number of aromatic nitrogens is 3. The third-order valence-corrected chi connectivity index (χ3v) is 5.20. The number of anilines is 1. The van der Waals surface area contributed by atoms with E-state index in [1.807, 2.05) is 0 Å². The van der Waals surface area contributed by atoms with Crippen molar-refractivity contribution >= 4 is 11.7 Å². The first-order chi connectivity index (χ1) is 13.9. The van der Waals surface area contributed by atoms with Crippen molar-refractivity contribution in [2.45, 2.75) is 71.3 Å². The highest BCUT2D eigenvalue weighted by molar-refractivity contribution is 5.91. The molecular formula is C23H33N5O2. The van der Waals surface area contributed by atoms with Crippen molar-refractivity contribution in [1.29, 1.82) is 0 Å². The van der Waals surface area contributed by atoms with Gasteiger partial charge in [-0.05, 0) is 6.07 Å². The molecule has 2 aromatic heterocycles. The van der Waals surface area contributed by atoms with Crippen molar-refractivity contribution in [2.24, 2.45) is 5.73 Å². The molecule has 0 unspecified atom stereocenters. The number of amides is 1. The van der Waals surface area contributed by atoms with Gasteiger partial charge < -0.3 is 15.4 Å². The van der Waals surface area contributed by atoms with Crippen molar-refractivity contribution in [2.75, 3.05) is 18.0 Å². The first-order valence-corrected chi connectivity index (χ1v) is 10.5. The van der Waals surface area contributed by atoms with Crippen molar-refractivity contribution in [1.82, 2.24) is 15.0 Å². The molecule has 0 atom stereocenters. The van der Waals surface area contributed by atoms with Gasteiger partial charge in [-0.25, -0.2) is 9.97 Å². The van der Waals surface area contributed by atoms with Gasteiger partial charge in [-0.15, -0.1) is 0 Å². The first-order valence-electron chi connectivity index (χ1n) is 10.5. The average molecular weight is 412 g/mol. The number of hydrogen-bond donors (Lipinski definition) is 1. The molecule has 7 heteroatoms. The van der Waals surface area contributed by atoms with Crippen LogP contribution in [-0.2, 0) is 10.8 Å². The molecule has 0 bridgehead atoms. The Balaban J connectivity index is 1.73. The Bertz CT molecular complexity index is 874. The summed E-state index contributed by atoms with van der Waals surface area (Å²) in [6, 6.07) is 5.48. The number of nitrogens with two attached hydrogens (primary N) is 1. The minimum absolute atomic E-state index is 0.0431. The molecule has 0 spiro atoms. The second kappa shape index (κ2) is 8.20. The lowest BCUT2D eigenvalue weighted by Gasteiger charge is -2.34. The van der Waals surface area contributed by atoms with E-state index < -0.39 is 5.91 Å². The number of primary amides is 1. The quantitative estimate of drug-likeness (QED) is 0.826. The van der Waals surface area contributed by atoms with Crippen LogP contribution in [0.1, 0.15) is 76.4 Å². The van der Waals surface area contributed by atoms with Crippen LogP contribution >= 0.6 is 0 Å². The normalized spacial score (nSPS) is 15.9. The first kappa shape index (κ1) is 22.0. The molecule has 0 aliphatic carbocycles. The van der Waals surface area contributed by atoms with Gasteiger partial charge in [0.05, 0.1) is 5.69 Å². The zero-order valence-electron chi connectivity index (χ0n) is 18.9. The molecule has 3 rings (SSSR count). The third-order valence-electron chi connectivity index (χ3n) is 5.20. The van der Waals surface area contributed by atoms with Crippen molar-refractivity contribution < 1.29 is 9.53 Å². The highest BCUT2D eigenvalue weighted by atomic mass is 16.5. The predicted molar refractivity (Wildman–Crippen MR) is 118 cm³/mol. The number of carbonyl (C=O) groups excluding carboxylic acids is 1. The summed E-state index contributed by atoms with van der Waals surface area (Å²) in [5.41, 5.74) is 6.43. The van der Waals surface area contributed by atoms with Gasteiger partial charge in [-0.1, -0.05) is 41.5 Å². The Morgan fingerprint density at radius 1 is 1.07 bits per heavy atom. The minimum atomic E-state index is -0.552. The van der Waals surface area contributed by atoms with Gasteiger partial charge >= 0.3 is 0 Å². The van der Waals surface area contributed by atoms with Crippen LogP contribution in [0.3, 0.4) is 0 Å². The summed E-state index contributed by atoms with van der Waals surface area (Å²) < 4.78 is 6.08. The average Bonchev–Trinajstić information content (AvgIpc) is 2.67. The predicted octanol–water partition coefficient (Wildman–Crippen LogP) is 3.61. The van der Waals surface area contributed by atoms with Crippen LogP contribution in [0.5, 0.6) is 5.75 Å². The molecule has 0 radical (unpaired) electrons. The van der Waals surface area contributed by atoms with Crippen LogP contribution in [-0.4, -0.2) is 40.1 Å². The maximum atomic E-state index is 11.3. The number of pyridine rings is 1. The van der Waals surface area contributed by atoms with Gasteiger partial charge in [0, 0.05) is 55.1 Å². The Labute approximate surface area is 179 Å². The molecule has 1 fully saturated rings. The Morgan fingerprint density at radius 3 is 2.30 bits per heavy atom. The van der Waals surface area contributed by atoms with E-state index in [2.05, 4.69) is 57.5 Å². The fourth-order valence-corrected chi connectivity index (χ4v) is 3.33. The van der Waals surface area contributed by atoms with Crippen molar-refractivity contribution in [3.63, 3.8) is 0 Å². The van der Waals surface area contributed by atoms with Crippen LogP contribution in [0.4, 0.5) is 5.82 Å². The van der Waals surface area contributed by atoms with Crippen molar-refractivity contribution in [3.8, 4) is 5.75 Å². The molecule has 1 amide bonds. The summed E-state index contributed by atoms with van der Waals surface area (Å²) >= 11 is 0. The summed E-state index contributed by atoms with van der Waals surface area (Å²) in [6.07, 6.45) is 3.37. The highest BCUT2D eigenvalue weighted by Crippen LogP contribution is 2.29. The van der Waals surface area contributed by atoms with Gasteiger partial charge in [-0.2, -0.15) is 0 Å². The topological polar surface area (TPSA) is 94.2 Å². The van der Waals surface area contributed by atoms with Gasteiger partial charge in [0.15, 0.2) is 0 Å². The Hall–Kier alpha value is -2.70. The van der Waals surface area contributed by atoms with E-state index in [0.29, 0.717) is 5.75 Å². The van der Waals surface area contributed by atoms with Crippen LogP contribution in [0.2, 0.25) is 0 Å². The molecule has 7 nitrogen and oxygen atoms in total. The maximum absolute atomic E-state index is 11.3. The molecular weight excluding hydrogens is 378 g/mol. The van der Waals surface area contributed by atoms with Gasteiger partial charge in [0.1, 0.15) is 29.2 Å². The molecule has 2 aromatic rings. The maximum Gasteiger partial charge on any atom is 0.267 e. The van der Waals surface area contributed by atoms with Gasteiger partial charge in [0.25, 0.3) is 5.91 Å². The van der Waals surface area contributed by atoms with Crippen LogP contribution in [0, 0.1) is 0 Å². The Kier molecular flexibility index (Phi) is 6.01. The molecule has 1 saturated heterocycles. The fourth-order valence-electron chi connectivity index (χ4n) is 3.33. The molecule has 2 N–H and O–H groups in total. The highest BCUT2D eigenvalue weighted by Gasteiger charge is 2.27. The SMILES string of the molecule is CC(C)(C)c1cc(N2CCC(Oc3ccnc(C(N)=O)c3)CC2)nc(C(C)(C)C)n1. The van der Waals surface area contributed by atoms with Gasteiger partial charge in [-0.3, -0.25) is 9.78 Å². The molecule has 0 aromatic carbocycles. The number of nitrogens with zero attached hydrogens (tertiary/aromatic N) is 4. The molecule has 162 valence electrons. The molecule has 1 aliphatic heterocycles.